The lowest BCUT2D eigenvalue weighted by Crippen LogP contribution is -2.30. The second-order valence-corrected chi connectivity index (χ2v) is 5.71. The van der Waals surface area contributed by atoms with Gasteiger partial charge in [-0.25, -0.2) is 8.42 Å². The Hall–Kier alpha value is -1.56. The molecule has 0 aromatic heterocycles. The maximum absolute atomic E-state index is 11.1. The molecule has 0 aliphatic carbocycles. The summed E-state index contributed by atoms with van der Waals surface area (Å²) in [7, 11) is -3.23. The van der Waals surface area contributed by atoms with E-state index in [9.17, 15) is 8.42 Å². The van der Waals surface area contributed by atoms with Gasteiger partial charge in [0.15, 0.2) is 0 Å². The lowest BCUT2D eigenvalue weighted by atomic mass is 10.1. The number of hydrogen-bond acceptors (Lipinski definition) is 4. The molecule has 2 rings (SSSR count). The third-order valence-electron chi connectivity index (χ3n) is 2.34. The van der Waals surface area contributed by atoms with Crippen molar-refractivity contribution in [2.24, 2.45) is 4.99 Å². The highest BCUT2D eigenvalue weighted by Gasteiger charge is 2.08. The van der Waals surface area contributed by atoms with E-state index in [-0.39, 0.29) is 0 Å². The largest absolute Gasteiger partial charge is 0.370 e. The molecule has 1 heterocycles. The maximum atomic E-state index is 11.1. The molecule has 0 amide bonds. The van der Waals surface area contributed by atoms with Crippen LogP contribution in [0.2, 0.25) is 0 Å². The van der Waals surface area contributed by atoms with Crippen molar-refractivity contribution in [1.82, 2.24) is 5.32 Å². The number of hydrogen-bond donors (Lipinski definition) is 2. The van der Waals surface area contributed by atoms with E-state index in [4.69, 9.17) is 0 Å². The summed E-state index contributed by atoms with van der Waals surface area (Å²) in [6.45, 7) is 1.72. The molecule has 0 spiro atoms. The van der Waals surface area contributed by atoms with Gasteiger partial charge >= 0.3 is 0 Å². The van der Waals surface area contributed by atoms with Crippen LogP contribution in [0.3, 0.4) is 0 Å². The number of aliphatic imine (C=N–C) groups is 1. The summed E-state index contributed by atoms with van der Waals surface area (Å²) in [6.07, 6.45) is 2.17. The Labute approximate surface area is 101 Å². The van der Waals surface area contributed by atoms with Gasteiger partial charge in [0.05, 0.1) is 6.26 Å². The van der Waals surface area contributed by atoms with Gasteiger partial charge < -0.3 is 5.32 Å². The molecule has 0 atom stereocenters. The second kappa shape index (κ2) is 4.75. The molecule has 0 saturated heterocycles. The van der Waals surface area contributed by atoms with Crippen LogP contribution in [-0.4, -0.2) is 33.6 Å². The van der Waals surface area contributed by atoms with E-state index in [1.165, 1.54) is 0 Å². The number of rotatable bonds is 3. The smallest absolute Gasteiger partial charge is 0.229 e. The van der Waals surface area contributed by atoms with Gasteiger partial charge in [0, 0.05) is 24.3 Å². The van der Waals surface area contributed by atoms with E-state index in [1.54, 1.807) is 12.1 Å². The van der Waals surface area contributed by atoms with Gasteiger partial charge in [-0.3, -0.25) is 9.71 Å². The summed E-state index contributed by atoms with van der Waals surface area (Å²) in [5, 5.41) is 3.20. The van der Waals surface area contributed by atoms with Crippen molar-refractivity contribution in [3.05, 3.63) is 29.8 Å². The molecule has 1 aliphatic heterocycles. The Kier molecular flexibility index (Phi) is 3.33. The molecular formula is C11H15N3O2S. The Morgan fingerprint density at radius 1 is 1.41 bits per heavy atom. The molecule has 0 unspecified atom stereocenters. The van der Waals surface area contributed by atoms with Crippen LogP contribution < -0.4 is 10.0 Å². The molecule has 0 bridgehead atoms. The van der Waals surface area contributed by atoms with Gasteiger partial charge in [-0.05, 0) is 18.6 Å². The van der Waals surface area contributed by atoms with Crippen LogP contribution in [0.1, 0.15) is 12.0 Å². The van der Waals surface area contributed by atoms with Crippen molar-refractivity contribution in [3.8, 4) is 0 Å². The maximum Gasteiger partial charge on any atom is 0.229 e. The fourth-order valence-electron chi connectivity index (χ4n) is 1.67. The summed E-state index contributed by atoms with van der Waals surface area (Å²) in [5.74, 6) is 0.827. The van der Waals surface area contributed by atoms with Crippen LogP contribution in [0, 0.1) is 0 Å². The molecule has 0 saturated carbocycles. The lowest BCUT2D eigenvalue weighted by molar-refractivity contribution is 0.607. The number of sulfonamides is 1. The van der Waals surface area contributed by atoms with Gasteiger partial charge in [-0.2, -0.15) is 0 Å². The SMILES string of the molecule is CS(=O)(=O)Nc1cccc(C2=NCCCN2)c1. The molecule has 6 heteroatoms. The summed E-state index contributed by atoms with van der Waals surface area (Å²) >= 11 is 0. The first-order chi connectivity index (χ1) is 8.04. The fraction of sp³-hybridized carbons (Fsp3) is 0.364. The van der Waals surface area contributed by atoms with Crippen LogP contribution in [0.4, 0.5) is 5.69 Å². The minimum absolute atomic E-state index is 0.556. The summed E-state index contributed by atoms with van der Waals surface area (Å²) < 4.78 is 24.7. The van der Waals surface area contributed by atoms with E-state index in [1.807, 2.05) is 12.1 Å². The van der Waals surface area contributed by atoms with Crippen molar-refractivity contribution >= 4 is 21.5 Å². The zero-order valence-corrected chi connectivity index (χ0v) is 10.4. The molecule has 1 aliphatic rings. The van der Waals surface area contributed by atoms with Crippen LogP contribution in [0.15, 0.2) is 29.3 Å². The molecule has 5 nitrogen and oxygen atoms in total. The van der Waals surface area contributed by atoms with Gasteiger partial charge in [0.1, 0.15) is 5.84 Å². The average molecular weight is 253 g/mol. The predicted octanol–water partition coefficient (Wildman–Crippen LogP) is 0.798. The van der Waals surface area contributed by atoms with Crippen LogP contribution in [0.25, 0.3) is 0 Å². The minimum atomic E-state index is -3.23. The first-order valence-corrected chi connectivity index (χ1v) is 7.30. The number of amidine groups is 1. The standard InChI is InChI=1S/C11H15N3O2S/c1-17(15,16)14-10-5-2-4-9(8-10)11-12-6-3-7-13-11/h2,4-5,8,14H,3,6-7H2,1H3,(H,12,13). The number of nitrogens with one attached hydrogen (secondary N) is 2. The predicted molar refractivity (Wildman–Crippen MR) is 68.9 cm³/mol. The molecule has 1 aromatic rings. The van der Waals surface area contributed by atoms with Crippen LogP contribution in [-0.2, 0) is 10.0 Å². The van der Waals surface area contributed by atoms with E-state index in [2.05, 4.69) is 15.0 Å². The van der Waals surface area contributed by atoms with E-state index in [0.717, 1.165) is 37.2 Å². The zero-order chi connectivity index (χ0) is 12.3. The highest BCUT2D eigenvalue weighted by molar-refractivity contribution is 7.92. The van der Waals surface area contributed by atoms with E-state index < -0.39 is 10.0 Å². The lowest BCUT2D eigenvalue weighted by Gasteiger charge is -2.15. The van der Waals surface area contributed by atoms with Gasteiger partial charge in [-0.15, -0.1) is 0 Å². The van der Waals surface area contributed by atoms with E-state index in [0.29, 0.717) is 5.69 Å². The molecule has 0 fully saturated rings. The van der Waals surface area contributed by atoms with Crippen LogP contribution in [0.5, 0.6) is 0 Å². The minimum Gasteiger partial charge on any atom is -0.370 e. The van der Waals surface area contributed by atoms with Gasteiger partial charge in [0.2, 0.25) is 10.0 Å². The fourth-order valence-corrected chi connectivity index (χ4v) is 2.23. The Morgan fingerprint density at radius 2 is 2.24 bits per heavy atom. The second-order valence-electron chi connectivity index (χ2n) is 3.97. The van der Waals surface area contributed by atoms with Crippen molar-refractivity contribution in [3.63, 3.8) is 0 Å². The summed E-state index contributed by atoms with van der Waals surface area (Å²) in [4.78, 5) is 4.37. The van der Waals surface area contributed by atoms with Gasteiger partial charge in [0.25, 0.3) is 0 Å². The summed E-state index contributed by atoms with van der Waals surface area (Å²) in [5.41, 5.74) is 1.46. The molecule has 92 valence electrons. The number of anilines is 1. The van der Waals surface area contributed by atoms with Crippen molar-refractivity contribution < 1.29 is 8.42 Å². The van der Waals surface area contributed by atoms with Crippen LogP contribution >= 0.6 is 0 Å². The normalized spacial score (nSPS) is 15.9. The monoisotopic (exact) mass is 253 g/mol. The first kappa shape index (κ1) is 11.9. The zero-order valence-electron chi connectivity index (χ0n) is 9.60. The molecule has 2 N–H and O–H groups in total. The Balaban J connectivity index is 2.25. The highest BCUT2D eigenvalue weighted by Crippen LogP contribution is 2.13. The first-order valence-electron chi connectivity index (χ1n) is 5.41. The molecule has 17 heavy (non-hydrogen) atoms. The third-order valence-corrected chi connectivity index (χ3v) is 2.94. The topological polar surface area (TPSA) is 70.6 Å². The quantitative estimate of drug-likeness (QED) is 0.837. The molecular weight excluding hydrogens is 238 g/mol. The summed E-state index contributed by atoms with van der Waals surface area (Å²) in [6, 6.07) is 7.21. The molecule has 1 aromatic carbocycles. The number of nitrogens with zero attached hydrogens (tertiary/aromatic N) is 1. The van der Waals surface area contributed by atoms with Gasteiger partial charge in [-0.1, -0.05) is 12.1 Å². The highest BCUT2D eigenvalue weighted by atomic mass is 32.2. The average Bonchev–Trinajstić information content (AvgIpc) is 2.28. The third kappa shape index (κ3) is 3.45. The van der Waals surface area contributed by atoms with Crippen molar-refractivity contribution in [2.75, 3.05) is 24.1 Å². The van der Waals surface area contributed by atoms with Crippen molar-refractivity contribution in [2.45, 2.75) is 6.42 Å². The van der Waals surface area contributed by atoms with Crippen molar-refractivity contribution in [1.29, 1.82) is 0 Å². The Bertz CT molecular complexity index is 537. The Morgan fingerprint density at radius 3 is 2.88 bits per heavy atom. The molecule has 0 radical (unpaired) electrons. The number of benzene rings is 1. The van der Waals surface area contributed by atoms with E-state index >= 15 is 0 Å².